The van der Waals surface area contributed by atoms with Crippen LogP contribution >= 0.6 is 0 Å². The smallest absolute Gasteiger partial charge is 0.465 e. The van der Waals surface area contributed by atoms with Crippen LogP contribution in [0.5, 0.6) is 0 Å². The van der Waals surface area contributed by atoms with E-state index >= 15 is 0 Å². The normalized spacial score (nSPS) is 26.5. The van der Waals surface area contributed by atoms with Crippen molar-refractivity contribution in [2.75, 3.05) is 40.6 Å². The number of ether oxygens (including phenoxy) is 6. The fourth-order valence-electron chi connectivity index (χ4n) is 4.47. The second-order valence-electron chi connectivity index (χ2n) is 11.0. The molecule has 49 heavy (non-hydrogen) atoms. The van der Waals surface area contributed by atoms with Gasteiger partial charge in [-0.1, -0.05) is 25.7 Å². The maximum Gasteiger partial charge on any atom is 2.00 e. The van der Waals surface area contributed by atoms with E-state index in [0.717, 1.165) is 37.9 Å². The van der Waals surface area contributed by atoms with Crippen molar-refractivity contribution >= 4 is 21.1 Å². The van der Waals surface area contributed by atoms with Crippen molar-refractivity contribution in [3.8, 4) is 0 Å². The first-order valence-corrected chi connectivity index (χ1v) is 21.1. The molecule has 268 valence electrons. The first kappa shape index (κ1) is 50.6. The Morgan fingerprint density at radius 3 is 1.27 bits per heavy atom. The molecule has 0 aromatic heterocycles. The molecule has 0 spiro atoms. The zero-order valence-electron chi connectivity index (χ0n) is 29.7. The van der Waals surface area contributed by atoms with Gasteiger partial charge >= 0.3 is 104 Å². The Morgan fingerprint density at radius 2 is 0.980 bits per heavy atom. The van der Waals surface area contributed by atoms with Gasteiger partial charge < -0.3 is 41.3 Å². The molecule has 2 saturated heterocycles. The summed E-state index contributed by atoms with van der Waals surface area (Å²) in [5, 5.41) is 0. The predicted molar refractivity (Wildman–Crippen MR) is 189 cm³/mol. The van der Waals surface area contributed by atoms with E-state index in [1.807, 2.05) is 103 Å². The summed E-state index contributed by atoms with van der Waals surface area (Å²) in [7, 11) is 3.37. The summed E-state index contributed by atoms with van der Waals surface area (Å²) in [5.74, 6) is 1.93. The third kappa shape index (κ3) is 26.1. The minimum absolute atomic E-state index is 0. The second-order valence-corrected chi connectivity index (χ2v) is 15.3. The molecule has 0 bridgehead atoms. The Morgan fingerprint density at radius 1 is 0.612 bits per heavy atom. The number of hydrogen-bond acceptors (Lipinski definition) is 6. The van der Waals surface area contributed by atoms with Crippen molar-refractivity contribution in [3.63, 3.8) is 0 Å². The van der Waals surface area contributed by atoms with E-state index in [9.17, 15) is 0 Å². The molecule has 0 amide bonds. The maximum absolute atomic E-state index is 5.69. The van der Waals surface area contributed by atoms with Crippen LogP contribution in [0.25, 0.3) is 0 Å². The fraction of sp³-hybridized carbons (Fsp3) is 0.500. The Balaban J connectivity index is 0.000000617. The molecule has 2 heterocycles. The predicted octanol–water partition coefficient (Wildman–Crippen LogP) is 7.26. The summed E-state index contributed by atoms with van der Waals surface area (Å²) < 4.78 is 35.7. The number of rotatable bonds is 12. The van der Waals surface area contributed by atoms with Gasteiger partial charge in [-0.05, 0) is 77.0 Å². The molecular formula is C40H56Fe2O6Sn+4. The van der Waals surface area contributed by atoms with Gasteiger partial charge in [0.05, 0.1) is 38.6 Å². The summed E-state index contributed by atoms with van der Waals surface area (Å²) in [6.07, 6.45) is 45.0. The van der Waals surface area contributed by atoms with Gasteiger partial charge in [-0.25, -0.2) is 12.8 Å². The van der Waals surface area contributed by atoms with Crippen LogP contribution in [0.15, 0.2) is 0 Å². The Labute approximate surface area is 335 Å². The molecule has 4 aliphatic carbocycles. The molecule has 6 fully saturated rings. The summed E-state index contributed by atoms with van der Waals surface area (Å²) in [4.78, 5) is 0. The van der Waals surface area contributed by atoms with Gasteiger partial charge in [-0.3, -0.25) is 0 Å². The third-order valence-corrected chi connectivity index (χ3v) is 11.1. The van der Waals surface area contributed by atoms with Crippen LogP contribution in [-0.4, -0.2) is 86.6 Å². The summed E-state index contributed by atoms with van der Waals surface area (Å²) in [6.45, 7) is 7.27. The molecule has 0 N–H and O–H groups in total. The summed E-state index contributed by atoms with van der Waals surface area (Å²) >= 11 is 0.149. The van der Waals surface area contributed by atoms with Crippen LogP contribution in [0.1, 0.15) is 52.4 Å². The van der Waals surface area contributed by atoms with Crippen molar-refractivity contribution in [2.24, 2.45) is 0 Å². The number of hydrogen-bond donors (Lipinski definition) is 0. The Hall–Kier alpha value is 1.60. The summed E-state index contributed by atoms with van der Waals surface area (Å²) in [5.41, 5.74) is 0. The molecule has 6 aliphatic rings. The summed E-state index contributed by atoms with van der Waals surface area (Å²) in [6, 6.07) is 0. The minimum Gasteiger partial charge on any atom is -0.465 e. The third-order valence-electron chi connectivity index (χ3n) is 7.03. The van der Waals surface area contributed by atoms with Gasteiger partial charge in [0.25, 0.3) is 0 Å². The Bertz CT molecular complexity index is 587. The molecule has 4 saturated carbocycles. The zero-order chi connectivity index (χ0) is 33.6. The van der Waals surface area contributed by atoms with E-state index in [2.05, 4.69) is 26.7 Å². The molecule has 20 radical (unpaired) electrons. The van der Waals surface area contributed by atoms with Crippen molar-refractivity contribution in [3.05, 3.63) is 127 Å². The fourth-order valence-corrected chi connectivity index (χ4v) is 8.63. The van der Waals surface area contributed by atoms with Crippen LogP contribution in [0.4, 0.5) is 0 Å². The second kappa shape index (κ2) is 36.6. The molecule has 0 aromatic rings. The zero-order valence-corrected chi connectivity index (χ0v) is 34.8. The van der Waals surface area contributed by atoms with Crippen molar-refractivity contribution in [1.82, 2.24) is 0 Å². The first-order valence-electron chi connectivity index (χ1n) is 17.0. The van der Waals surface area contributed by atoms with E-state index in [1.54, 1.807) is 23.1 Å². The molecule has 2 aliphatic heterocycles. The molecule has 6 rings (SSSR count). The average Bonchev–Trinajstić information content (AvgIpc) is 3.95. The van der Waals surface area contributed by atoms with Crippen molar-refractivity contribution in [2.45, 2.75) is 86.0 Å². The molecule has 6 nitrogen and oxygen atoms in total. The molecular weight excluding hydrogens is 807 g/mol. The molecule has 9 heteroatoms. The van der Waals surface area contributed by atoms with Crippen LogP contribution in [0.3, 0.4) is 0 Å². The van der Waals surface area contributed by atoms with Crippen LogP contribution in [0, 0.1) is 127 Å². The number of unbranched alkanes of at least 4 members (excludes halogenated alkanes) is 2. The van der Waals surface area contributed by atoms with Gasteiger partial charge in [-0.2, -0.15) is 0 Å². The standard InChI is InChI=1S/2C11H14O3.2C5H5.2C4H9.2Fe.Sn/c2*1-12-8-10-6-7-13-11(14-10)9-4-2-3-5-9;2*1-2-4-5-3-1;2*1-3-4-2;;;/h2*2-4,10-11H,6-8H2,1H3;2*1-5H;2*1,3-4H2,2H3;;;/q2*-1;;;;;3*+2/t2*10-,11-;;;;;;;/m00......./s1. The van der Waals surface area contributed by atoms with Crippen LogP contribution in [-0.2, 0) is 62.6 Å². The molecule has 0 aromatic carbocycles. The van der Waals surface area contributed by atoms with E-state index in [4.69, 9.17) is 28.4 Å². The Kier molecular flexibility index (Phi) is 37.8. The molecule has 4 atom stereocenters. The van der Waals surface area contributed by atoms with Gasteiger partial charge in [0.2, 0.25) is 0 Å². The van der Waals surface area contributed by atoms with Gasteiger partial charge in [0.15, 0.2) is 0 Å². The largest absolute Gasteiger partial charge is 2.00 e. The number of methoxy groups -OCH3 is 2. The van der Waals surface area contributed by atoms with Crippen molar-refractivity contribution in [1.29, 1.82) is 0 Å². The van der Waals surface area contributed by atoms with E-state index < -0.39 is 0 Å². The van der Waals surface area contributed by atoms with Gasteiger partial charge in [-0.15, -0.1) is 11.8 Å². The quantitative estimate of drug-likeness (QED) is 0.117. The van der Waals surface area contributed by atoms with E-state index in [-0.39, 0.29) is 80.1 Å². The minimum atomic E-state index is -0.265. The van der Waals surface area contributed by atoms with Crippen LogP contribution < -0.4 is 0 Å². The van der Waals surface area contributed by atoms with Crippen LogP contribution in [0.2, 0.25) is 8.87 Å². The van der Waals surface area contributed by atoms with E-state index in [0.29, 0.717) is 13.2 Å². The van der Waals surface area contributed by atoms with Gasteiger partial charge in [0.1, 0.15) is 12.6 Å². The maximum atomic E-state index is 5.69. The SMILES string of the molecule is CCC[CH2][Sn+2][CH2]CCC.COC[C@@H]1CCO[C@H]([C]2[C-][CH][CH][CH]2)O1.COC[C@@H]1CCO[C@H]([C]2[C-][CH][CH][CH]2)O1.[CH]1[CH][CH][CH][CH]1.[CH]1[CH][CH][CH][CH]1.[Fe+2].[Fe+2]. The van der Waals surface area contributed by atoms with E-state index in [1.165, 1.54) is 25.7 Å². The topological polar surface area (TPSA) is 55.4 Å². The average molecular weight is 863 g/mol. The monoisotopic (exact) mass is 864 g/mol. The van der Waals surface area contributed by atoms with Gasteiger partial charge in [0, 0.05) is 14.2 Å². The first-order chi connectivity index (χ1) is 23.2. The van der Waals surface area contributed by atoms with Crippen molar-refractivity contribution < 1.29 is 62.6 Å². The molecule has 0 unspecified atom stereocenters.